The lowest BCUT2D eigenvalue weighted by Gasteiger charge is -2.18. The predicted molar refractivity (Wildman–Crippen MR) is 101 cm³/mol. The summed E-state index contributed by atoms with van der Waals surface area (Å²) in [7, 11) is 1.70. The Labute approximate surface area is 155 Å². The van der Waals surface area contributed by atoms with E-state index in [0.717, 1.165) is 35.7 Å². The molecule has 0 radical (unpaired) electrons. The molecule has 2 heterocycles. The minimum absolute atomic E-state index is 0. The van der Waals surface area contributed by atoms with Crippen molar-refractivity contribution in [2.45, 2.75) is 32.4 Å². The van der Waals surface area contributed by atoms with Gasteiger partial charge in [0.2, 0.25) is 0 Å². The lowest BCUT2D eigenvalue weighted by atomic mass is 10.0. The Balaban J connectivity index is 0.00000144. The maximum absolute atomic E-state index is 9.32. The lowest BCUT2D eigenvalue weighted by Crippen LogP contribution is -2.24. The molecule has 1 fully saturated rings. The molecule has 24 heavy (non-hydrogen) atoms. The topological polar surface area (TPSA) is 59.3 Å². The van der Waals surface area contributed by atoms with Crippen molar-refractivity contribution in [2.75, 3.05) is 20.3 Å². The maximum Gasteiger partial charge on any atom is 0.143 e. The van der Waals surface area contributed by atoms with E-state index in [1.807, 2.05) is 12.4 Å². The van der Waals surface area contributed by atoms with E-state index in [1.165, 1.54) is 5.56 Å². The molecule has 0 amide bonds. The van der Waals surface area contributed by atoms with Gasteiger partial charge in [0, 0.05) is 31.0 Å². The molecule has 0 spiro atoms. The van der Waals surface area contributed by atoms with Crippen LogP contribution in [0.2, 0.25) is 0 Å². The summed E-state index contributed by atoms with van der Waals surface area (Å²) < 4.78 is 7.80. The van der Waals surface area contributed by atoms with Crippen LogP contribution in [0.3, 0.4) is 0 Å². The monoisotopic (exact) mass is 373 g/mol. The van der Waals surface area contributed by atoms with Crippen molar-refractivity contribution < 1.29 is 9.84 Å². The van der Waals surface area contributed by atoms with Crippen molar-refractivity contribution in [2.24, 2.45) is 0 Å². The number of rotatable bonds is 4. The molecule has 1 aliphatic heterocycles. The van der Waals surface area contributed by atoms with Gasteiger partial charge in [0.05, 0.1) is 19.3 Å². The van der Waals surface area contributed by atoms with Gasteiger partial charge >= 0.3 is 0 Å². The number of imidazole rings is 1. The van der Waals surface area contributed by atoms with Crippen LogP contribution in [-0.2, 0) is 0 Å². The van der Waals surface area contributed by atoms with Gasteiger partial charge < -0.3 is 19.7 Å². The number of aromatic nitrogens is 2. The molecule has 0 bridgehead atoms. The average Bonchev–Trinajstić information content (AvgIpc) is 3.15. The van der Waals surface area contributed by atoms with Crippen molar-refractivity contribution in [1.82, 2.24) is 14.9 Å². The first kappa shape index (κ1) is 20.8. The Kier molecular flexibility index (Phi) is 7.55. The summed E-state index contributed by atoms with van der Waals surface area (Å²) >= 11 is 0. The first-order valence-corrected chi connectivity index (χ1v) is 7.66. The fraction of sp³-hybridized carbons (Fsp3) is 0.471. The van der Waals surface area contributed by atoms with E-state index in [9.17, 15) is 5.11 Å². The van der Waals surface area contributed by atoms with Crippen LogP contribution >= 0.6 is 24.8 Å². The minimum Gasteiger partial charge on any atom is -0.496 e. The molecule has 1 aromatic carbocycles. The van der Waals surface area contributed by atoms with E-state index in [0.29, 0.717) is 6.04 Å². The van der Waals surface area contributed by atoms with Gasteiger partial charge in [-0.2, -0.15) is 0 Å². The van der Waals surface area contributed by atoms with Crippen LogP contribution in [0.1, 0.15) is 23.6 Å². The van der Waals surface area contributed by atoms with E-state index < -0.39 is 0 Å². The third-order valence-corrected chi connectivity index (χ3v) is 4.35. The minimum atomic E-state index is 0. The van der Waals surface area contributed by atoms with E-state index in [4.69, 9.17) is 4.74 Å². The second-order valence-corrected chi connectivity index (χ2v) is 6.00. The maximum atomic E-state index is 9.32. The Morgan fingerprint density at radius 2 is 2.08 bits per heavy atom. The van der Waals surface area contributed by atoms with Gasteiger partial charge in [-0.3, -0.25) is 0 Å². The fourth-order valence-corrected chi connectivity index (χ4v) is 3.36. The van der Waals surface area contributed by atoms with Gasteiger partial charge in [-0.15, -0.1) is 24.8 Å². The molecule has 134 valence electrons. The molecular weight excluding hydrogens is 349 g/mol. The summed E-state index contributed by atoms with van der Waals surface area (Å²) in [6.07, 6.45) is 4.75. The molecule has 5 nitrogen and oxygen atoms in total. The molecule has 1 aliphatic rings. The van der Waals surface area contributed by atoms with Gasteiger partial charge in [0.15, 0.2) is 0 Å². The number of nitrogens with zero attached hydrogens (tertiary/aromatic N) is 2. The zero-order chi connectivity index (χ0) is 15.7. The molecule has 2 atom stereocenters. The molecule has 2 N–H and O–H groups in total. The number of aliphatic hydroxyl groups excluding tert-OH is 1. The van der Waals surface area contributed by atoms with Crippen molar-refractivity contribution in [3.05, 3.63) is 35.7 Å². The van der Waals surface area contributed by atoms with Crippen LogP contribution in [0.4, 0.5) is 0 Å². The lowest BCUT2D eigenvalue weighted by molar-refractivity contribution is 0.253. The molecule has 0 unspecified atom stereocenters. The summed E-state index contributed by atoms with van der Waals surface area (Å²) in [5.74, 6) is 1.80. The van der Waals surface area contributed by atoms with Crippen LogP contribution < -0.4 is 10.1 Å². The standard InChI is InChI=1S/C17H23N3O2.2ClH/c1-11-6-12(2)16(22-3)15(7-11)17-18-4-5-20(17)14-8-13(10-21)19-9-14;;/h4-7,13-14,19,21H,8-10H2,1-3H3;2*1H/t13-,14-;;/m0../s1. The number of aryl methyl sites for hydroxylation is 2. The predicted octanol–water partition coefficient (Wildman–Crippen LogP) is 2.91. The highest BCUT2D eigenvalue weighted by molar-refractivity contribution is 5.85. The third kappa shape index (κ3) is 3.86. The number of benzene rings is 1. The number of ether oxygens (including phenoxy) is 1. The largest absolute Gasteiger partial charge is 0.496 e. The molecule has 3 rings (SSSR count). The second kappa shape index (κ2) is 8.72. The summed E-state index contributed by atoms with van der Waals surface area (Å²) in [4.78, 5) is 4.57. The van der Waals surface area contributed by atoms with Gasteiger partial charge in [-0.05, 0) is 37.5 Å². The smallest absolute Gasteiger partial charge is 0.143 e. The number of hydrogen-bond donors (Lipinski definition) is 2. The number of nitrogens with one attached hydrogen (secondary N) is 1. The molecule has 7 heteroatoms. The summed E-state index contributed by atoms with van der Waals surface area (Å²) in [6.45, 7) is 5.17. The van der Waals surface area contributed by atoms with Gasteiger partial charge in [-0.25, -0.2) is 4.98 Å². The van der Waals surface area contributed by atoms with Crippen molar-refractivity contribution >= 4 is 24.8 Å². The fourth-order valence-electron chi connectivity index (χ4n) is 3.36. The molecule has 2 aromatic rings. The number of halogens is 2. The van der Waals surface area contributed by atoms with Gasteiger partial charge in [-0.1, -0.05) is 6.07 Å². The van der Waals surface area contributed by atoms with Crippen molar-refractivity contribution in [1.29, 1.82) is 0 Å². The third-order valence-electron chi connectivity index (χ3n) is 4.35. The van der Waals surface area contributed by atoms with Gasteiger partial charge in [0.25, 0.3) is 0 Å². The quantitative estimate of drug-likeness (QED) is 0.864. The van der Waals surface area contributed by atoms with E-state index in [2.05, 4.69) is 40.8 Å². The summed E-state index contributed by atoms with van der Waals surface area (Å²) in [5.41, 5.74) is 3.34. The Hall–Kier alpha value is -1.27. The Morgan fingerprint density at radius 3 is 2.71 bits per heavy atom. The van der Waals surface area contributed by atoms with E-state index in [-0.39, 0.29) is 37.5 Å². The molecule has 1 aromatic heterocycles. The second-order valence-electron chi connectivity index (χ2n) is 6.00. The number of aliphatic hydroxyl groups is 1. The van der Waals surface area contributed by atoms with Crippen molar-refractivity contribution in [3.8, 4) is 17.1 Å². The van der Waals surface area contributed by atoms with Gasteiger partial charge in [0.1, 0.15) is 11.6 Å². The Morgan fingerprint density at radius 1 is 1.33 bits per heavy atom. The zero-order valence-corrected chi connectivity index (χ0v) is 15.8. The highest BCUT2D eigenvalue weighted by Gasteiger charge is 2.27. The average molecular weight is 374 g/mol. The normalized spacial score (nSPS) is 19.5. The van der Waals surface area contributed by atoms with Crippen LogP contribution in [0, 0.1) is 13.8 Å². The highest BCUT2D eigenvalue weighted by atomic mass is 35.5. The Bertz CT molecular complexity index is 676. The summed E-state index contributed by atoms with van der Waals surface area (Å²) in [5, 5.41) is 12.7. The van der Waals surface area contributed by atoms with Crippen LogP contribution in [-0.4, -0.2) is 41.0 Å². The molecule has 0 aliphatic carbocycles. The number of hydrogen-bond acceptors (Lipinski definition) is 4. The first-order chi connectivity index (χ1) is 10.6. The molecular formula is C17H25Cl2N3O2. The SMILES string of the molecule is COc1c(C)cc(C)cc1-c1nccn1[C@@H]1CN[C@H](CO)C1.Cl.Cl. The highest BCUT2D eigenvalue weighted by Crippen LogP contribution is 2.35. The van der Waals surface area contributed by atoms with E-state index >= 15 is 0 Å². The first-order valence-electron chi connectivity index (χ1n) is 7.66. The van der Waals surface area contributed by atoms with Crippen LogP contribution in [0.15, 0.2) is 24.5 Å². The molecule has 0 saturated carbocycles. The summed E-state index contributed by atoms with van der Waals surface area (Å²) in [6, 6.07) is 4.71. The van der Waals surface area contributed by atoms with Crippen LogP contribution in [0.25, 0.3) is 11.4 Å². The number of methoxy groups -OCH3 is 1. The molecule has 1 saturated heterocycles. The van der Waals surface area contributed by atoms with Crippen LogP contribution in [0.5, 0.6) is 5.75 Å². The van der Waals surface area contributed by atoms with E-state index in [1.54, 1.807) is 7.11 Å². The van der Waals surface area contributed by atoms with Crippen molar-refractivity contribution in [3.63, 3.8) is 0 Å². The zero-order valence-electron chi connectivity index (χ0n) is 14.2.